The number of hydrogen-bond acceptors (Lipinski definition) is 4. The fraction of sp³-hybridized carbons (Fsp3) is 0.444. The number of thiazole rings is 1. The molecule has 4 nitrogen and oxygen atoms in total. The number of rotatable bonds is 2. The first-order chi connectivity index (χ1) is 11.6. The number of carbonyl (C=O) groups is 1. The highest BCUT2D eigenvalue weighted by Gasteiger charge is 2.37. The molecule has 1 fully saturated rings. The number of amides is 1. The van der Waals surface area contributed by atoms with Crippen LogP contribution in [0.4, 0.5) is 4.39 Å². The maximum atomic E-state index is 13.4. The van der Waals surface area contributed by atoms with E-state index in [1.165, 1.54) is 12.1 Å². The molecule has 0 unspecified atom stereocenters. The van der Waals surface area contributed by atoms with E-state index in [9.17, 15) is 9.18 Å². The molecule has 1 saturated heterocycles. The smallest absolute Gasteiger partial charge is 0.264 e. The lowest BCUT2D eigenvalue weighted by atomic mass is 10.0. The molecular formula is C18H19FN2O2S. The molecular weight excluding hydrogens is 327 g/mol. The molecule has 0 spiro atoms. The van der Waals surface area contributed by atoms with Gasteiger partial charge in [-0.2, -0.15) is 0 Å². The van der Waals surface area contributed by atoms with Crippen LogP contribution in [0.1, 0.15) is 41.6 Å². The number of aromatic nitrogens is 1. The van der Waals surface area contributed by atoms with Crippen LogP contribution in [-0.2, 0) is 11.2 Å². The van der Waals surface area contributed by atoms with Gasteiger partial charge in [0.05, 0.1) is 6.04 Å². The zero-order valence-corrected chi connectivity index (χ0v) is 14.3. The van der Waals surface area contributed by atoms with Crippen LogP contribution in [-0.4, -0.2) is 28.4 Å². The minimum absolute atomic E-state index is 0.0100. The third-order valence-electron chi connectivity index (χ3n) is 4.68. The first-order valence-corrected chi connectivity index (χ1v) is 9.17. The Morgan fingerprint density at radius 1 is 1.42 bits per heavy atom. The van der Waals surface area contributed by atoms with Crippen molar-refractivity contribution in [2.45, 2.75) is 44.8 Å². The number of carbonyl (C=O) groups excluding carboxylic acids is 1. The highest BCUT2D eigenvalue weighted by Crippen LogP contribution is 2.36. The second-order valence-corrected chi connectivity index (χ2v) is 7.32. The lowest BCUT2D eigenvalue weighted by Gasteiger charge is -2.35. The molecule has 24 heavy (non-hydrogen) atoms. The minimum atomic E-state index is -0.552. The maximum absolute atomic E-state index is 13.4. The van der Waals surface area contributed by atoms with Crippen LogP contribution in [0.2, 0.25) is 0 Å². The number of fused-ring (bicyclic) bond motifs is 1. The molecule has 4 rings (SSSR count). The molecule has 1 amide bonds. The van der Waals surface area contributed by atoms with Crippen LogP contribution < -0.4 is 4.74 Å². The molecule has 0 radical (unpaired) electrons. The van der Waals surface area contributed by atoms with Crippen molar-refractivity contribution in [1.29, 1.82) is 0 Å². The van der Waals surface area contributed by atoms with E-state index in [0.29, 0.717) is 12.2 Å². The van der Waals surface area contributed by atoms with E-state index in [1.54, 1.807) is 17.4 Å². The van der Waals surface area contributed by atoms with Gasteiger partial charge in [0.15, 0.2) is 6.10 Å². The van der Waals surface area contributed by atoms with Crippen molar-refractivity contribution >= 4 is 17.2 Å². The van der Waals surface area contributed by atoms with Gasteiger partial charge in [0.1, 0.15) is 16.6 Å². The van der Waals surface area contributed by atoms with Crippen molar-refractivity contribution in [2.75, 3.05) is 6.54 Å². The Bertz CT molecular complexity index is 776. The number of hydrogen-bond donors (Lipinski definition) is 0. The fourth-order valence-electron chi connectivity index (χ4n) is 3.52. The Morgan fingerprint density at radius 3 is 3.08 bits per heavy atom. The van der Waals surface area contributed by atoms with Crippen LogP contribution in [0, 0.1) is 12.7 Å². The zero-order valence-electron chi connectivity index (χ0n) is 13.5. The Morgan fingerprint density at radius 2 is 2.29 bits per heavy atom. The molecule has 0 aliphatic carbocycles. The Balaban J connectivity index is 1.55. The van der Waals surface area contributed by atoms with Gasteiger partial charge in [-0.1, -0.05) is 0 Å². The molecule has 126 valence electrons. The number of piperidine rings is 1. The van der Waals surface area contributed by atoms with Gasteiger partial charge in [-0.15, -0.1) is 11.3 Å². The second-order valence-electron chi connectivity index (χ2n) is 6.43. The van der Waals surface area contributed by atoms with Gasteiger partial charge < -0.3 is 9.64 Å². The Hall–Kier alpha value is -1.95. The molecule has 3 heterocycles. The van der Waals surface area contributed by atoms with Gasteiger partial charge in [-0.25, -0.2) is 9.37 Å². The average molecular weight is 346 g/mol. The summed E-state index contributed by atoms with van der Waals surface area (Å²) in [6.45, 7) is 2.70. The molecule has 1 aromatic carbocycles. The third kappa shape index (κ3) is 2.79. The Labute approximate surface area is 144 Å². The monoisotopic (exact) mass is 346 g/mol. The van der Waals surface area contributed by atoms with Crippen LogP contribution in [0.15, 0.2) is 23.6 Å². The highest BCUT2D eigenvalue weighted by molar-refractivity contribution is 7.09. The van der Waals surface area contributed by atoms with Gasteiger partial charge in [-0.3, -0.25) is 4.79 Å². The molecule has 1 aromatic heterocycles. The molecule has 2 aliphatic heterocycles. The number of nitrogens with zero attached hydrogens (tertiary/aromatic N) is 2. The van der Waals surface area contributed by atoms with Crippen LogP contribution in [0.25, 0.3) is 0 Å². The molecule has 2 aromatic rings. The van der Waals surface area contributed by atoms with E-state index in [-0.39, 0.29) is 17.8 Å². The van der Waals surface area contributed by atoms with Gasteiger partial charge in [0, 0.05) is 29.6 Å². The molecule has 0 N–H and O–H groups in total. The van der Waals surface area contributed by atoms with E-state index in [2.05, 4.69) is 4.98 Å². The van der Waals surface area contributed by atoms with E-state index < -0.39 is 6.10 Å². The van der Waals surface area contributed by atoms with E-state index in [1.807, 2.05) is 17.2 Å². The number of benzene rings is 1. The summed E-state index contributed by atoms with van der Waals surface area (Å²) in [6.07, 6.45) is 2.92. The minimum Gasteiger partial charge on any atom is -0.480 e. The quantitative estimate of drug-likeness (QED) is 0.834. The first kappa shape index (κ1) is 15.6. The van der Waals surface area contributed by atoms with E-state index in [4.69, 9.17) is 4.74 Å². The summed E-state index contributed by atoms with van der Waals surface area (Å²) in [4.78, 5) is 19.5. The van der Waals surface area contributed by atoms with Crippen LogP contribution in [0.5, 0.6) is 5.75 Å². The second kappa shape index (κ2) is 6.16. The molecule has 2 aliphatic rings. The maximum Gasteiger partial charge on any atom is 0.264 e. The predicted molar refractivity (Wildman–Crippen MR) is 89.7 cm³/mol. The number of aryl methyl sites for hydroxylation is 1. The van der Waals surface area contributed by atoms with Crippen molar-refractivity contribution in [2.24, 2.45) is 0 Å². The topological polar surface area (TPSA) is 42.4 Å². The van der Waals surface area contributed by atoms with Gasteiger partial charge in [-0.05, 0) is 44.4 Å². The van der Waals surface area contributed by atoms with Gasteiger partial charge in [0.2, 0.25) is 0 Å². The van der Waals surface area contributed by atoms with Gasteiger partial charge in [0.25, 0.3) is 5.91 Å². The summed E-state index contributed by atoms with van der Waals surface area (Å²) in [5.74, 6) is 0.317. The summed E-state index contributed by atoms with van der Waals surface area (Å²) < 4.78 is 19.2. The summed E-state index contributed by atoms with van der Waals surface area (Å²) in [6, 6.07) is 4.47. The van der Waals surface area contributed by atoms with Crippen LogP contribution >= 0.6 is 11.3 Å². The number of halogens is 1. The summed E-state index contributed by atoms with van der Waals surface area (Å²) >= 11 is 1.61. The molecule has 2 atom stereocenters. The standard InChI is InChI=1S/C18H19FN2O2S/c1-11-10-24-17(20-11)14-4-2-3-7-21(14)18(22)16-9-12-8-13(19)5-6-15(12)23-16/h5-6,8,10,14,16H,2-4,7,9H2,1H3/t14-,16-/m0/s1. The van der Waals surface area contributed by atoms with Crippen LogP contribution in [0.3, 0.4) is 0 Å². The fourth-order valence-corrected chi connectivity index (χ4v) is 4.46. The van der Waals surface area contributed by atoms with Crippen molar-refractivity contribution in [1.82, 2.24) is 9.88 Å². The SMILES string of the molecule is Cc1csc([C@@H]2CCCCN2C(=O)[C@@H]2Cc3cc(F)ccc3O2)n1. The highest BCUT2D eigenvalue weighted by atomic mass is 32.1. The van der Waals surface area contributed by atoms with Crippen molar-refractivity contribution < 1.29 is 13.9 Å². The normalized spacial score (nSPS) is 23.0. The molecule has 0 bridgehead atoms. The third-order valence-corrected chi connectivity index (χ3v) is 5.74. The summed E-state index contributed by atoms with van der Waals surface area (Å²) in [7, 11) is 0. The molecule has 0 saturated carbocycles. The van der Waals surface area contributed by atoms with Crippen molar-refractivity contribution in [3.8, 4) is 5.75 Å². The number of likely N-dealkylation sites (tertiary alicyclic amines) is 1. The van der Waals surface area contributed by atoms with Gasteiger partial charge >= 0.3 is 0 Å². The summed E-state index contributed by atoms with van der Waals surface area (Å²) in [5.41, 5.74) is 1.76. The predicted octanol–water partition coefficient (Wildman–Crippen LogP) is 3.65. The average Bonchev–Trinajstić information content (AvgIpc) is 3.20. The van der Waals surface area contributed by atoms with E-state index >= 15 is 0 Å². The Kier molecular flexibility index (Phi) is 4.00. The lowest BCUT2D eigenvalue weighted by Crippen LogP contribution is -2.45. The van der Waals surface area contributed by atoms with Crippen molar-refractivity contribution in [3.05, 3.63) is 45.7 Å². The lowest BCUT2D eigenvalue weighted by molar-refractivity contribution is -0.142. The molecule has 6 heteroatoms. The largest absolute Gasteiger partial charge is 0.480 e. The first-order valence-electron chi connectivity index (χ1n) is 8.29. The summed E-state index contributed by atoms with van der Waals surface area (Å²) in [5, 5.41) is 3.03. The zero-order chi connectivity index (χ0) is 16.7. The van der Waals surface area contributed by atoms with Crippen molar-refractivity contribution in [3.63, 3.8) is 0 Å². The number of ether oxygens (including phenoxy) is 1. The van der Waals surface area contributed by atoms with E-state index in [0.717, 1.165) is 42.1 Å².